The fraction of sp³-hybridized carbons (Fsp3) is 0.489. The highest BCUT2D eigenvalue weighted by atomic mass is 35.5. The molecule has 1 saturated carbocycles. The third-order valence-electron chi connectivity index (χ3n) is 11.5. The van der Waals surface area contributed by atoms with Crippen molar-refractivity contribution < 1.29 is 43.6 Å². The highest BCUT2D eigenvalue weighted by Crippen LogP contribution is 2.62. The molecular weight excluding hydrogens is 762 g/mol. The molecule has 2 aliphatic carbocycles. The Labute approximate surface area is 345 Å². The molecule has 6 rings (SSSR count). The van der Waals surface area contributed by atoms with Gasteiger partial charge >= 0.3 is 12.2 Å². The van der Waals surface area contributed by atoms with Gasteiger partial charge in [0.15, 0.2) is 0 Å². The molecule has 2 amide bonds. The van der Waals surface area contributed by atoms with E-state index in [0.717, 1.165) is 53.2 Å². The van der Waals surface area contributed by atoms with Crippen molar-refractivity contribution >= 4 is 40.3 Å². The van der Waals surface area contributed by atoms with E-state index in [1.165, 1.54) is 7.11 Å². The van der Waals surface area contributed by atoms with Gasteiger partial charge in [-0.15, -0.1) is 18.2 Å². The zero-order chi connectivity index (χ0) is 41.1. The molecule has 1 aliphatic heterocycles. The molecular formula is C45H56ClN3O9. The number of aliphatic hydroxyl groups excluding tert-OH is 2. The van der Waals surface area contributed by atoms with Crippen LogP contribution in [0.4, 0.5) is 9.59 Å². The molecule has 0 unspecified atom stereocenters. The van der Waals surface area contributed by atoms with Gasteiger partial charge in [0.2, 0.25) is 5.79 Å². The number of nitrogens with one attached hydrogen (secondary N) is 1. The van der Waals surface area contributed by atoms with E-state index in [1.54, 1.807) is 23.1 Å². The molecule has 0 saturated heterocycles. The molecule has 1 heterocycles. The first-order valence-corrected chi connectivity index (χ1v) is 20.9. The lowest BCUT2D eigenvalue weighted by atomic mass is 9.55. The maximum atomic E-state index is 14.6. The van der Waals surface area contributed by atoms with E-state index in [4.69, 9.17) is 35.4 Å². The van der Waals surface area contributed by atoms with Crippen molar-refractivity contribution in [3.63, 3.8) is 0 Å². The minimum Gasteiger partial charge on any atom is -0.459 e. The quantitative estimate of drug-likeness (QED) is 0.0473. The number of fused-ring (bicyclic) bond motifs is 3. The zero-order valence-electron chi connectivity index (χ0n) is 33.4. The Morgan fingerprint density at radius 1 is 1.07 bits per heavy atom. The second-order valence-corrected chi connectivity index (χ2v) is 15.3. The van der Waals surface area contributed by atoms with Crippen LogP contribution in [0.1, 0.15) is 68.9 Å². The van der Waals surface area contributed by atoms with Crippen LogP contribution in [0.25, 0.3) is 10.8 Å². The van der Waals surface area contributed by atoms with Gasteiger partial charge in [-0.05, 0) is 84.6 Å². The molecule has 3 aliphatic rings. The van der Waals surface area contributed by atoms with E-state index in [0.29, 0.717) is 36.6 Å². The summed E-state index contributed by atoms with van der Waals surface area (Å²) in [5.74, 6) is -1.31. The molecule has 0 aromatic heterocycles. The Kier molecular flexibility index (Phi) is 15.1. The maximum Gasteiger partial charge on any atom is 0.412 e. The van der Waals surface area contributed by atoms with Crippen LogP contribution in [0.5, 0.6) is 11.5 Å². The number of amides is 2. The number of aliphatic hydroxyl groups is 2. The third-order valence-corrected chi connectivity index (χ3v) is 11.7. The first-order valence-electron chi connectivity index (χ1n) is 20.4. The summed E-state index contributed by atoms with van der Waals surface area (Å²) in [5.41, 5.74) is 3.27. The van der Waals surface area contributed by atoms with Crippen LogP contribution in [-0.4, -0.2) is 90.8 Å². The Bertz CT molecular complexity index is 1950. The van der Waals surface area contributed by atoms with E-state index in [2.05, 4.69) is 23.1 Å². The Balaban J connectivity index is 1.60. The first kappa shape index (κ1) is 43.0. The molecule has 58 heavy (non-hydrogen) atoms. The number of allylic oxidation sites excluding steroid dienone is 1. The third kappa shape index (κ3) is 9.15. The number of hydrogen-bond donors (Lipinski definition) is 3. The average molecular weight is 818 g/mol. The van der Waals surface area contributed by atoms with Crippen LogP contribution >= 0.6 is 11.6 Å². The molecule has 312 valence electrons. The molecule has 3 N–H and O–H groups in total. The second kappa shape index (κ2) is 20.4. The predicted octanol–water partition coefficient (Wildman–Crippen LogP) is 8.09. The summed E-state index contributed by atoms with van der Waals surface area (Å²) < 4.78 is 25.9. The summed E-state index contributed by atoms with van der Waals surface area (Å²) in [7, 11) is 1.51. The summed E-state index contributed by atoms with van der Waals surface area (Å²) in [5, 5.41) is 29.1. The van der Waals surface area contributed by atoms with Gasteiger partial charge in [-0.2, -0.15) is 0 Å². The van der Waals surface area contributed by atoms with Gasteiger partial charge in [-0.25, -0.2) is 9.59 Å². The number of halogens is 1. The molecule has 0 bridgehead atoms. The van der Waals surface area contributed by atoms with Gasteiger partial charge < -0.3 is 39.3 Å². The lowest BCUT2D eigenvalue weighted by molar-refractivity contribution is -0.256. The molecule has 12 nitrogen and oxygen atoms in total. The summed E-state index contributed by atoms with van der Waals surface area (Å²) >= 11 is 6.09. The molecule has 3 aromatic carbocycles. The number of ether oxygens (including phenoxy) is 4. The van der Waals surface area contributed by atoms with Crippen molar-refractivity contribution in [3.05, 3.63) is 96.1 Å². The number of oxime groups is 1. The molecule has 3 aromatic rings. The Morgan fingerprint density at radius 2 is 1.84 bits per heavy atom. The van der Waals surface area contributed by atoms with Crippen LogP contribution in [0.3, 0.4) is 0 Å². The van der Waals surface area contributed by atoms with E-state index in [-0.39, 0.29) is 63.0 Å². The zero-order valence-corrected chi connectivity index (χ0v) is 34.2. The molecule has 1 fully saturated rings. The molecule has 6 atom stereocenters. The Hall–Kier alpha value is -4.62. The van der Waals surface area contributed by atoms with Crippen molar-refractivity contribution in [3.8, 4) is 11.5 Å². The highest BCUT2D eigenvalue weighted by Gasteiger charge is 2.65. The molecule has 0 radical (unpaired) electrons. The van der Waals surface area contributed by atoms with E-state index < -0.39 is 29.9 Å². The standard InChI is InChI=1S/C45H56ClN3O9/c1-4-24-56-45-40(49(44(53)55-25-21-46)29-32-16-12-15-30-13-6-7-17-34(30)32)28-38(48-54-3)36-26-31(14-8-10-22-50)35(18-9-11-23-51)41(42(36)45)37-27-33(19-20-39(37)58-45)57-43(52)47-5-2/h4,6-7,12-13,15-17,19-20,26-27,31,35,40-42,50-51H,1,5,8-11,14,18,21-25,28-29H2,2-3H3,(H,47,52)/t31-,35+,40-,41+,42+,45+/m0/s1. The number of alkyl halides is 1. The monoisotopic (exact) mass is 817 g/mol. The minimum absolute atomic E-state index is 0.00356. The van der Waals surface area contributed by atoms with Crippen molar-refractivity contribution in [2.24, 2.45) is 22.9 Å². The Morgan fingerprint density at radius 3 is 2.59 bits per heavy atom. The summed E-state index contributed by atoms with van der Waals surface area (Å²) in [6, 6.07) is 18.6. The van der Waals surface area contributed by atoms with Crippen LogP contribution in [0, 0.1) is 17.8 Å². The van der Waals surface area contributed by atoms with Crippen LogP contribution in [0.15, 0.2) is 90.1 Å². The lowest BCUT2D eigenvalue weighted by Gasteiger charge is -2.59. The van der Waals surface area contributed by atoms with E-state index >= 15 is 0 Å². The number of rotatable bonds is 19. The number of nitrogens with zero attached hydrogens (tertiary/aromatic N) is 2. The number of carbonyl (C=O) groups is 2. The fourth-order valence-electron chi connectivity index (χ4n) is 9.23. The SMILES string of the molecule is C=CCO[C@@]12Oc3ccc(OC(=O)NCC)cc3[C@H]3[C@H](CCCCO)[C@@H](CCCCO)C=C(C(=NOC)C[C@@H]1N(Cc1cccc4ccccc14)C(=O)OCCCl)[C@H]32. The van der Waals surface area contributed by atoms with Crippen molar-refractivity contribution in [2.45, 2.75) is 76.2 Å². The van der Waals surface area contributed by atoms with Crippen molar-refractivity contribution in [2.75, 3.05) is 46.0 Å². The topological polar surface area (TPSA) is 148 Å². The number of unbranched alkanes of at least 4 members (excludes halogenated alkanes) is 2. The lowest BCUT2D eigenvalue weighted by Crippen LogP contribution is -2.70. The molecule has 13 heteroatoms. The van der Waals surface area contributed by atoms with Crippen molar-refractivity contribution in [1.82, 2.24) is 10.2 Å². The number of carbonyl (C=O) groups excluding carboxylic acids is 2. The van der Waals surface area contributed by atoms with Crippen molar-refractivity contribution in [1.29, 1.82) is 0 Å². The van der Waals surface area contributed by atoms with Crippen LogP contribution in [0.2, 0.25) is 0 Å². The van der Waals surface area contributed by atoms with Crippen LogP contribution < -0.4 is 14.8 Å². The van der Waals surface area contributed by atoms with Gasteiger partial charge in [-0.3, -0.25) is 4.90 Å². The largest absolute Gasteiger partial charge is 0.459 e. The predicted molar refractivity (Wildman–Crippen MR) is 223 cm³/mol. The number of hydrogen-bond acceptors (Lipinski definition) is 10. The van der Waals surface area contributed by atoms with Crippen LogP contribution in [-0.2, 0) is 20.9 Å². The average Bonchev–Trinajstić information content (AvgIpc) is 3.23. The van der Waals surface area contributed by atoms with Gasteiger partial charge in [-0.1, -0.05) is 72.6 Å². The molecule has 0 spiro atoms. The summed E-state index contributed by atoms with van der Waals surface area (Å²) in [6.45, 7) is 6.64. The van der Waals surface area contributed by atoms with Gasteiger partial charge in [0.05, 0.1) is 30.7 Å². The summed E-state index contributed by atoms with van der Waals surface area (Å²) in [6.07, 6.45) is 7.38. The normalized spacial score (nSPS) is 23.8. The minimum atomic E-state index is -1.50. The van der Waals surface area contributed by atoms with Gasteiger partial charge in [0.1, 0.15) is 31.3 Å². The maximum absolute atomic E-state index is 14.6. The first-order chi connectivity index (χ1) is 28.3. The van der Waals surface area contributed by atoms with Gasteiger partial charge in [0, 0.05) is 37.7 Å². The van der Waals surface area contributed by atoms with Gasteiger partial charge in [0.25, 0.3) is 0 Å². The van der Waals surface area contributed by atoms with E-state index in [1.807, 2.05) is 55.5 Å². The second-order valence-electron chi connectivity index (χ2n) is 14.9. The smallest absolute Gasteiger partial charge is 0.412 e. The number of benzene rings is 3. The fourth-order valence-corrected chi connectivity index (χ4v) is 9.31. The van der Waals surface area contributed by atoms with E-state index in [9.17, 15) is 19.8 Å². The highest BCUT2D eigenvalue weighted by molar-refractivity contribution is 6.18. The summed E-state index contributed by atoms with van der Waals surface area (Å²) in [4.78, 5) is 34.5.